The highest BCUT2D eigenvalue weighted by Gasteiger charge is 2.35. The van der Waals surface area contributed by atoms with Crippen molar-refractivity contribution in [1.29, 1.82) is 0 Å². The summed E-state index contributed by atoms with van der Waals surface area (Å²) < 4.78 is 0. The lowest BCUT2D eigenvalue weighted by molar-refractivity contribution is 0.0963. The quantitative estimate of drug-likeness (QED) is 0.851. The zero-order chi connectivity index (χ0) is 13.0. The van der Waals surface area contributed by atoms with Crippen LogP contribution in [0.3, 0.4) is 0 Å². The van der Waals surface area contributed by atoms with Gasteiger partial charge in [-0.25, -0.2) is 0 Å². The van der Waals surface area contributed by atoms with Crippen LogP contribution in [-0.4, -0.2) is 42.1 Å². The van der Waals surface area contributed by atoms with Crippen molar-refractivity contribution >= 4 is 11.8 Å². The summed E-state index contributed by atoms with van der Waals surface area (Å²) in [5.74, 6) is 2.24. The second-order valence-corrected chi connectivity index (χ2v) is 7.93. The molecular formula is C15H30N2S. The molecule has 1 heterocycles. The first kappa shape index (κ1) is 14.7. The van der Waals surface area contributed by atoms with E-state index in [9.17, 15) is 0 Å². The van der Waals surface area contributed by atoms with E-state index in [4.69, 9.17) is 5.73 Å². The molecule has 0 bridgehead atoms. The molecule has 0 spiro atoms. The Morgan fingerprint density at radius 1 is 1.33 bits per heavy atom. The maximum absolute atomic E-state index is 6.14. The summed E-state index contributed by atoms with van der Waals surface area (Å²) >= 11 is 2.16. The fourth-order valence-corrected chi connectivity index (χ4v) is 4.70. The van der Waals surface area contributed by atoms with Gasteiger partial charge in [-0.1, -0.05) is 26.7 Å². The van der Waals surface area contributed by atoms with Gasteiger partial charge in [0.2, 0.25) is 0 Å². The Balaban J connectivity index is 1.89. The zero-order valence-electron chi connectivity index (χ0n) is 12.2. The van der Waals surface area contributed by atoms with Crippen LogP contribution in [0.25, 0.3) is 0 Å². The Hall–Kier alpha value is 0.270. The summed E-state index contributed by atoms with van der Waals surface area (Å²) in [5, 5.41) is 0.857. The van der Waals surface area contributed by atoms with E-state index in [1.165, 1.54) is 57.5 Å². The smallest absolute Gasteiger partial charge is 0.0172 e. The van der Waals surface area contributed by atoms with Crippen LogP contribution in [0.1, 0.15) is 46.0 Å². The van der Waals surface area contributed by atoms with Gasteiger partial charge in [0.1, 0.15) is 0 Å². The van der Waals surface area contributed by atoms with E-state index in [1.54, 1.807) is 0 Å². The maximum atomic E-state index is 6.14. The van der Waals surface area contributed by atoms with Crippen LogP contribution in [-0.2, 0) is 0 Å². The first-order chi connectivity index (χ1) is 8.67. The molecule has 2 aliphatic rings. The molecule has 2 fully saturated rings. The molecule has 18 heavy (non-hydrogen) atoms. The van der Waals surface area contributed by atoms with Gasteiger partial charge >= 0.3 is 0 Å². The Labute approximate surface area is 117 Å². The van der Waals surface area contributed by atoms with Crippen LogP contribution in [0, 0.1) is 11.3 Å². The molecule has 0 aromatic carbocycles. The minimum absolute atomic E-state index is 0.437. The summed E-state index contributed by atoms with van der Waals surface area (Å²) in [7, 11) is 0. The summed E-state index contributed by atoms with van der Waals surface area (Å²) in [6.07, 6.45) is 6.79. The van der Waals surface area contributed by atoms with Crippen molar-refractivity contribution in [3.63, 3.8) is 0 Å². The van der Waals surface area contributed by atoms with E-state index < -0.39 is 0 Å². The van der Waals surface area contributed by atoms with Crippen molar-refractivity contribution in [3.05, 3.63) is 0 Å². The van der Waals surface area contributed by atoms with Gasteiger partial charge in [-0.05, 0) is 37.1 Å². The SMILES string of the molecule is CCC1CN(CC2(CN)CCC(C)CC2)CCS1. The fourth-order valence-electron chi connectivity index (χ4n) is 3.45. The van der Waals surface area contributed by atoms with Crippen molar-refractivity contribution in [3.8, 4) is 0 Å². The van der Waals surface area contributed by atoms with Gasteiger partial charge < -0.3 is 10.6 Å². The lowest BCUT2D eigenvalue weighted by Crippen LogP contribution is -2.48. The number of rotatable bonds is 4. The van der Waals surface area contributed by atoms with Gasteiger partial charge in [-0.2, -0.15) is 11.8 Å². The predicted octanol–water partition coefficient (Wildman–Crippen LogP) is 2.97. The van der Waals surface area contributed by atoms with Crippen LogP contribution in [0.2, 0.25) is 0 Å². The standard InChI is InChI=1S/C15H30N2S/c1-3-14-10-17(8-9-18-14)12-15(11-16)6-4-13(2)5-7-15/h13-14H,3-12,16H2,1-2H3. The van der Waals surface area contributed by atoms with Gasteiger partial charge in [0.05, 0.1) is 0 Å². The van der Waals surface area contributed by atoms with Gasteiger partial charge in [-0.15, -0.1) is 0 Å². The third kappa shape index (κ3) is 3.64. The van der Waals surface area contributed by atoms with Crippen LogP contribution < -0.4 is 5.73 Å². The minimum Gasteiger partial charge on any atom is -0.330 e. The Kier molecular flexibility index (Phi) is 5.40. The maximum Gasteiger partial charge on any atom is 0.0172 e. The lowest BCUT2D eigenvalue weighted by atomic mass is 9.70. The van der Waals surface area contributed by atoms with E-state index in [1.807, 2.05) is 0 Å². The highest BCUT2D eigenvalue weighted by molar-refractivity contribution is 8.00. The average molecular weight is 270 g/mol. The highest BCUT2D eigenvalue weighted by atomic mass is 32.2. The molecule has 0 radical (unpaired) electrons. The van der Waals surface area contributed by atoms with Crippen molar-refractivity contribution < 1.29 is 0 Å². The molecule has 0 amide bonds. The second kappa shape index (κ2) is 6.62. The van der Waals surface area contributed by atoms with Crippen LogP contribution >= 0.6 is 11.8 Å². The second-order valence-electron chi connectivity index (χ2n) is 6.52. The summed E-state index contributed by atoms with van der Waals surface area (Å²) in [5.41, 5.74) is 6.57. The van der Waals surface area contributed by atoms with Gasteiger partial charge in [0, 0.05) is 30.6 Å². The van der Waals surface area contributed by atoms with Crippen molar-refractivity contribution in [2.45, 2.75) is 51.2 Å². The van der Waals surface area contributed by atoms with E-state index >= 15 is 0 Å². The number of thioether (sulfide) groups is 1. The topological polar surface area (TPSA) is 29.3 Å². The van der Waals surface area contributed by atoms with Gasteiger partial charge in [0.15, 0.2) is 0 Å². The first-order valence-electron chi connectivity index (χ1n) is 7.71. The lowest BCUT2D eigenvalue weighted by Gasteiger charge is -2.44. The largest absolute Gasteiger partial charge is 0.330 e. The molecule has 2 N–H and O–H groups in total. The first-order valence-corrected chi connectivity index (χ1v) is 8.76. The summed E-state index contributed by atoms with van der Waals surface area (Å²) in [4.78, 5) is 2.70. The number of hydrogen-bond acceptors (Lipinski definition) is 3. The number of hydrogen-bond donors (Lipinski definition) is 1. The normalized spacial score (nSPS) is 38.8. The van der Waals surface area contributed by atoms with Crippen molar-refractivity contribution in [2.75, 3.05) is 31.9 Å². The van der Waals surface area contributed by atoms with Gasteiger partial charge in [-0.3, -0.25) is 0 Å². The van der Waals surface area contributed by atoms with Gasteiger partial charge in [0.25, 0.3) is 0 Å². The molecular weight excluding hydrogens is 240 g/mol. The molecule has 1 aliphatic carbocycles. The molecule has 1 aliphatic heterocycles. The molecule has 106 valence electrons. The molecule has 2 rings (SSSR count). The van der Waals surface area contributed by atoms with Crippen LogP contribution in [0.4, 0.5) is 0 Å². The Morgan fingerprint density at radius 3 is 2.67 bits per heavy atom. The Bertz CT molecular complexity index is 249. The predicted molar refractivity (Wildman–Crippen MR) is 82.1 cm³/mol. The third-order valence-electron chi connectivity index (χ3n) is 5.01. The van der Waals surface area contributed by atoms with E-state index in [2.05, 4.69) is 30.5 Å². The van der Waals surface area contributed by atoms with Crippen LogP contribution in [0.15, 0.2) is 0 Å². The molecule has 1 saturated heterocycles. The minimum atomic E-state index is 0.437. The number of nitrogens with zero attached hydrogens (tertiary/aromatic N) is 1. The third-order valence-corrected chi connectivity index (χ3v) is 6.38. The van der Waals surface area contributed by atoms with E-state index in [0.717, 1.165) is 17.7 Å². The number of nitrogens with two attached hydrogens (primary N) is 1. The molecule has 1 unspecified atom stereocenters. The molecule has 1 saturated carbocycles. The molecule has 0 aromatic heterocycles. The van der Waals surface area contributed by atoms with Crippen molar-refractivity contribution in [1.82, 2.24) is 4.90 Å². The van der Waals surface area contributed by atoms with E-state index in [0.29, 0.717) is 5.41 Å². The molecule has 1 atom stereocenters. The zero-order valence-corrected chi connectivity index (χ0v) is 13.0. The summed E-state index contributed by atoms with van der Waals surface area (Å²) in [6.45, 7) is 9.43. The molecule has 0 aromatic rings. The van der Waals surface area contributed by atoms with Crippen molar-refractivity contribution in [2.24, 2.45) is 17.1 Å². The average Bonchev–Trinajstić information content (AvgIpc) is 2.42. The Morgan fingerprint density at radius 2 is 2.06 bits per heavy atom. The van der Waals surface area contributed by atoms with E-state index in [-0.39, 0.29) is 0 Å². The fraction of sp³-hybridized carbons (Fsp3) is 1.00. The summed E-state index contributed by atoms with van der Waals surface area (Å²) in [6, 6.07) is 0. The van der Waals surface area contributed by atoms with Crippen LogP contribution in [0.5, 0.6) is 0 Å². The molecule has 3 heteroatoms. The monoisotopic (exact) mass is 270 g/mol. The highest BCUT2D eigenvalue weighted by Crippen LogP contribution is 2.39. The molecule has 2 nitrogen and oxygen atoms in total.